The first kappa shape index (κ1) is 11.6. The molecule has 0 aromatic carbocycles. The molecule has 0 aromatic rings. The van der Waals surface area contributed by atoms with Gasteiger partial charge in [-0.1, -0.05) is 51.8 Å². The van der Waals surface area contributed by atoms with Gasteiger partial charge in [-0.15, -0.1) is 0 Å². The topological polar surface area (TPSA) is 0 Å². The first-order chi connectivity index (χ1) is 6.59. The van der Waals surface area contributed by atoms with E-state index in [4.69, 9.17) is 0 Å². The van der Waals surface area contributed by atoms with Gasteiger partial charge in [0.25, 0.3) is 0 Å². The van der Waals surface area contributed by atoms with Crippen LogP contribution < -0.4 is 0 Å². The van der Waals surface area contributed by atoms with Crippen LogP contribution in [0.15, 0.2) is 23.3 Å². The average molecular weight is 192 g/mol. The van der Waals surface area contributed by atoms with E-state index < -0.39 is 0 Å². The van der Waals surface area contributed by atoms with Crippen LogP contribution in [0.2, 0.25) is 0 Å². The molecule has 0 fully saturated rings. The van der Waals surface area contributed by atoms with Gasteiger partial charge in [0.15, 0.2) is 0 Å². The Morgan fingerprint density at radius 2 is 1.93 bits per heavy atom. The standard InChI is InChI=1S/C14H24/c1-11(2)6-5-7-13-8-9-14(10-13)12(3)4/h9-12H,5-8H2,1-4H3. The van der Waals surface area contributed by atoms with E-state index in [0.29, 0.717) is 5.92 Å². The summed E-state index contributed by atoms with van der Waals surface area (Å²) in [6, 6.07) is 0. The molecule has 80 valence electrons. The molecule has 0 aromatic heterocycles. The van der Waals surface area contributed by atoms with Crippen LogP contribution >= 0.6 is 0 Å². The zero-order chi connectivity index (χ0) is 10.6. The molecule has 0 nitrogen and oxygen atoms in total. The second-order valence-corrected chi connectivity index (χ2v) is 5.15. The first-order valence-electron chi connectivity index (χ1n) is 5.99. The van der Waals surface area contributed by atoms with Crippen LogP contribution in [0.25, 0.3) is 0 Å². The van der Waals surface area contributed by atoms with E-state index in [1.54, 1.807) is 11.1 Å². The van der Waals surface area contributed by atoms with Crippen LogP contribution in [0.1, 0.15) is 53.4 Å². The third-order valence-electron chi connectivity index (χ3n) is 2.92. The van der Waals surface area contributed by atoms with Crippen LogP contribution in [-0.4, -0.2) is 0 Å². The molecule has 0 heteroatoms. The maximum absolute atomic E-state index is 2.42. The van der Waals surface area contributed by atoms with Gasteiger partial charge >= 0.3 is 0 Å². The van der Waals surface area contributed by atoms with Gasteiger partial charge in [0, 0.05) is 0 Å². The minimum atomic E-state index is 0.706. The SMILES string of the molecule is CC(C)CCCC1=CC(C(C)C)=CC1. The number of hydrogen-bond acceptors (Lipinski definition) is 0. The molecular formula is C14H24. The van der Waals surface area contributed by atoms with E-state index in [2.05, 4.69) is 39.8 Å². The Morgan fingerprint density at radius 1 is 1.21 bits per heavy atom. The van der Waals surface area contributed by atoms with E-state index in [9.17, 15) is 0 Å². The second kappa shape index (κ2) is 5.38. The van der Waals surface area contributed by atoms with Gasteiger partial charge in [0.2, 0.25) is 0 Å². The van der Waals surface area contributed by atoms with Crippen molar-refractivity contribution >= 4 is 0 Å². The van der Waals surface area contributed by atoms with Crippen molar-refractivity contribution in [2.24, 2.45) is 11.8 Å². The molecule has 1 rings (SSSR count). The highest BCUT2D eigenvalue weighted by atomic mass is 14.1. The maximum Gasteiger partial charge on any atom is -0.0130 e. The highest BCUT2D eigenvalue weighted by Crippen LogP contribution is 2.26. The van der Waals surface area contributed by atoms with Gasteiger partial charge in [-0.25, -0.2) is 0 Å². The fourth-order valence-electron chi connectivity index (χ4n) is 1.92. The summed E-state index contributed by atoms with van der Waals surface area (Å²) < 4.78 is 0. The van der Waals surface area contributed by atoms with Crippen molar-refractivity contribution in [2.45, 2.75) is 53.4 Å². The predicted octanol–water partition coefficient (Wildman–Crippen LogP) is 4.73. The highest BCUT2D eigenvalue weighted by molar-refractivity contribution is 5.33. The van der Waals surface area contributed by atoms with E-state index in [1.165, 1.54) is 25.7 Å². The molecule has 1 aliphatic rings. The minimum absolute atomic E-state index is 0.706. The summed E-state index contributed by atoms with van der Waals surface area (Å²) in [5.41, 5.74) is 3.19. The van der Waals surface area contributed by atoms with Gasteiger partial charge < -0.3 is 0 Å². The Balaban J connectivity index is 2.26. The molecule has 0 atom stereocenters. The van der Waals surface area contributed by atoms with Crippen molar-refractivity contribution in [3.63, 3.8) is 0 Å². The summed E-state index contributed by atoms with van der Waals surface area (Å²) in [4.78, 5) is 0. The van der Waals surface area contributed by atoms with Crippen LogP contribution in [-0.2, 0) is 0 Å². The van der Waals surface area contributed by atoms with Crippen LogP contribution in [0.3, 0.4) is 0 Å². The normalized spacial score (nSPS) is 16.4. The lowest BCUT2D eigenvalue weighted by Gasteiger charge is -2.05. The van der Waals surface area contributed by atoms with Crippen molar-refractivity contribution in [3.05, 3.63) is 23.3 Å². The molecule has 0 spiro atoms. The highest BCUT2D eigenvalue weighted by Gasteiger charge is 2.09. The molecular weight excluding hydrogens is 168 g/mol. The predicted molar refractivity (Wildman–Crippen MR) is 64.3 cm³/mol. The fourth-order valence-corrected chi connectivity index (χ4v) is 1.92. The van der Waals surface area contributed by atoms with Crippen molar-refractivity contribution in [2.75, 3.05) is 0 Å². The Hall–Kier alpha value is -0.520. The quantitative estimate of drug-likeness (QED) is 0.591. The van der Waals surface area contributed by atoms with Gasteiger partial charge in [0.1, 0.15) is 0 Å². The Morgan fingerprint density at radius 3 is 2.43 bits per heavy atom. The second-order valence-electron chi connectivity index (χ2n) is 5.15. The molecule has 1 aliphatic carbocycles. The Labute approximate surface area is 89.1 Å². The molecule has 0 amide bonds. The van der Waals surface area contributed by atoms with Gasteiger partial charge in [-0.05, 0) is 36.7 Å². The molecule has 0 N–H and O–H groups in total. The van der Waals surface area contributed by atoms with E-state index >= 15 is 0 Å². The van der Waals surface area contributed by atoms with Gasteiger partial charge in [0.05, 0.1) is 0 Å². The summed E-state index contributed by atoms with van der Waals surface area (Å²) in [6.45, 7) is 9.17. The summed E-state index contributed by atoms with van der Waals surface area (Å²) in [5, 5.41) is 0. The third-order valence-corrected chi connectivity index (χ3v) is 2.92. The van der Waals surface area contributed by atoms with Crippen molar-refractivity contribution in [1.29, 1.82) is 0 Å². The number of allylic oxidation sites excluding steroid dienone is 4. The smallest absolute Gasteiger partial charge is 0.0130 e. The van der Waals surface area contributed by atoms with Crippen LogP contribution in [0, 0.1) is 11.8 Å². The zero-order valence-electron chi connectivity index (χ0n) is 10.1. The number of hydrogen-bond donors (Lipinski definition) is 0. The Bertz CT molecular complexity index is 228. The summed E-state index contributed by atoms with van der Waals surface area (Å²) in [7, 11) is 0. The summed E-state index contributed by atoms with van der Waals surface area (Å²) in [6.07, 6.45) is 10.1. The van der Waals surface area contributed by atoms with Crippen molar-refractivity contribution < 1.29 is 0 Å². The molecule has 0 bridgehead atoms. The third kappa shape index (κ3) is 3.69. The molecule has 0 saturated carbocycles. The van der Waals surface area contributed by atoms with E-state index in [0.717, 1.165) is 5.92 Å². The monoisotopic (exact) mass is 192 g/mol. The first-order valence-corrected chi connectivity index (χ1v) is 5.99. The molecule has 0 aliphatic heterocycles. The summed E-state index contributed by atoms with van der Waals surface area (Å²) >= 11 is 0. The van der Waals surface area contributed by atoms with Gasteiger partial charge in [-0.3, -0.25) is 0 Å². The van der Waals surface area contributed by atoms with Crippen molar-refractivity contribution in [3.8, 4) is 0 Å². The lowest BCUT2D eigenvalue weighted by molar-refractivity contribution is 0.553. The van der Waals surface area contributed by atoms with Crippen LogP contribution in [0.4, 0.5) is 0 Å². The van der Waals surface area contributed by atoms with Crippen LogP contribution in [0.5, 0.6) is 0 Å². The fraction of sp³-hybridized carbons (Fsp3) is 0.714. The zero-order valence-corrected chi connectivity index (χ0v) is 10.1. The lowest BCUT2D eigenvalue weighted by atomic mass is 10.0. The molecule has 0 radical (unpaired) electrons. The van der Waals surface area contributed by atoms with Crippen molar-refractivity contribution in [1.82, 2.24) is 0 Å². The number of rotatable bonds is 5. The van der Waals surface area contributed by atoms with Gasteiger partial charge in [-0.2, -0.15) is 0 Å². The Kier molecular flexibility index (Phi) is 4.44. The maximum atomic E-state index is 2.42. The van der Waals surface area contributed by atoms with E-state index in [1.807, 2.05) is 0 Å². The van der Waals surface area contributed by atoms with E-state index in [-0.39, 0.29) is 0 Å². The lowest BCUT2D eigenvalue weighted by Crippen LogP contribution is -1.89. The molecule has 0 unspecified atom stereocenters. The molecule has 0 heterocycles. The minimum Gasteiger partial charge on any atom is -0.0770 e. The summed E-state index contributed by atoms with van der Waals surface area (Å²) in [5.74, 6) is 1.56. The molecule has 14 heavy (non-hydrogen) atoms. The largest absolute Gasteiger partial charge is 0.0770 e. The average Bonchev–Trinajstić information content (AvgIpc) is 2.52. The molecule has 0 saturated heterocycles.